The molecule has 1 aliphatic rings. The summed E-state index contributed by atoms with van der Waals surface area (Å²) in [5.74, 6) is -4.51. The molecule has 150 valence electrons. The van der Waals surface area contributed by atoms with Crippen molar-refractivity contribution in [1.29, 1.82) is 0 Å². The largest absolute Gasteiger partial charge is 0.385 e. The molecule has 0 saturated heterocycles. The van der Waals surface area contributed by atoms with Crippen LogP contribution in [0.4, 0.5) is 24.5 Å². The Balaban J connectivity index is 2.10. The van der Waals surface area contributed by atoms with Crippen molar-refractivity contribution in [3.8, 4) is 0 Å². The summed E-state index contributed by atoms with van der Waals surface area (Å²) in [5.41, 5.74) is 2.21. The summed E-state index contributed by atoms with van der Waals surface area (Å²) in [6, 6.07) is 7.05. The molecule has 0 saturated carbocycles. The lowest BCUT2D eigenvalue weighted by atomic mass is 9.78. The molecule has 0 spiro atoms. The van der Waals surface area contributed by atoms with E-state index >= 15 is 8.78 Å². The summed E-state index contributed by atoms with van der Waals surface area (Å²) in [7, 11) is 0. The molecule has 28 heavy (non-hydrogen) atoms. The van der Waals surface area contributed by atoms with E-state index in [1.165, 1.54) is 32.2 Å². The summed E-state index contributed by atoms with van der Waals surface area (Å²) in [6.45, 7) is 3.36. The number of hydrogen-bond acceptors (Lipinski definition) is 5. The van der Waals surface area contributed by atoms with Gasteiger partial charge in [0.1, 0.15) is 29.0 Å². The zero-order valence-electron chi connectivity index (χ0n) is 15.6. The van der Waals surface area contributed by atoms with Crippen LogP contribution < -0.4 is 11.1 Å². The van der Waals surface area contributed by atoms with Crippen molar-refractivity contribution < 1.29 is 17.9 Å². The van der Waals surface area contributed by atoms with Gasteiger partial charge in [-0.15, -0.1) is 0 Å². The molecular weight excluding hydrogens is 393 g/mol. The van der Waals surface area contributed by atoms with Gasteiger partial charge in [-0.25, -0.2) is 18.2 Å². The first-order valence-corrected chi connectivity index (χ1v) is 8.89. The van der Waals surface area contributed by atoms with Gasteiger partial charge in [0.2, 0.25) is 0 Å². The van der Waals surface area contributed by atoms with Crippen LogP contribution in [0.1, 0.15) is 26.3 Å². The lowest BCUT2D eigenvalue weighted by Crippen LogP contribution is -2.56. The van der Waals surface area contributed by atoms with Crippen LogP contribution in [0.15, 0.2) is 41.5 Å². The third-order valence-electron chi connectivity index (χ3n) is 4.82. The van der Waals surface area contributed by atoms with E-state index in [-0.39, 0.29) is 18.0 Å². The number of halogens is 4. The fourth-order valence-electron chi connectivity index (χ4n) is 3.14. The molecule has 1 aliphatic heterocycles. The predicted molar refractivity (Wildman–Crippen MR) is 103 cm³/mol. The van der Waals surface area contributed by atoms with Gasteiger partial charge in [-0.05, 0) is 51.1 Å². The minimum atomic E-state index is -3.55. The van der Waals surface area contributed by atoms with Crippen molar-refractivity contribution in [2.45, 2.75) is 37.8 Å². The molecule has 0 aliphatic carbocycles. The fraction of sp³-hybridized carbons (Fsp3) is 0.368. The Bertz CT molecular complexity index is 918. The summed E-state index contributed by atoms with van der Waals surface area (Å²) >= 11 is 5.76. The van der Waals surface area contributed by atoms with E-state index < -0.39 is 22.9 Å². The van der Waals surface area contributed by atoms with Crippen LogP contribution in [0.25, 0.3) is 0 Å². The van der Waals surface area contributed by atoms with E-state index in [4.69, 9.17) is 22.1 Å². The standard InChI is InChI=1S/C19H20ClF3N4O/c1-17(2)19(22,23)18(3,27-16(24)10-28-17)13-8-11(4-6-14(13)21)26-12-5-7-15(20)25-9-12/h4-9,26H,10H2,1-3H3,(H2,24,27)/t18-/m1/s1. The molecule has 0 radical (unpaired) electrons. The molecule has 0 fully saturated rings. The molecule has 0 bridgehead atoms. The van der Waals surface area contributed by atoms with E-state index in [0.29, 0.717) is 16.5 Å². The topological polar surface area (TPSA) is 72.5 Å². The highest BCUT2D eigenvalue weighted by Crippen LogP contribution is 2.50. The Labute approximate surface area is 165 Å². The number of anilines is 2. The van der Waals surface area contributed by atoms with Crippen molar-refractivity contribution in [3.05, 3.63) is 53.1 Å². The third kappa shape index (κ3) is 3.42. The van der Waals surface area contributed by atoms with Gasteiger partial charge in [0.05, 0.1) is 11.9 Å². The average molecular weight is 413 g/mol. The molecule has 1 atom stereocenters. The van der Waals surface area contributed by atoms with E-state index in [9.17, 15) is 4.39 Å². The van der Waals surface area contributed by atoms with Crippen LogP contribution in [-0.4, -0.2) is 29.0 Å². The number of pyridine rings is 1. The Morgan fingerprint density at radius 2 is 1.82 bits per heavy atom. The molecule has 1 aromatic carbocycles. The van der Waals surface area contributed by atoms with E-state index in [0.717, 1.165) is 13.0 Å². The highest BCUT2D eigenvalue weighted by molar-refractivity contribution is 6.29. The van der Waals surface area contributed by atoms with Crippen molar-refractivity contribution in [3.63, 3.8) is 0 Å². The van der Waals surface area contributed by atoms with Crippen molar-refractivity contribution in [1.82, 2.24) is 4.98 Å². The van der Waals surface area contributed by atoms with Gasteiger partial charge in [-0.2, -0.15) is 0 Å². The van der Waals surface area contributed by atoms with Gasteiger partial charge in [-0.3, -0.25) is 4.99 Å². The second-order valence-electron chi connectivity index (χ2n) is 7.24. The number of rotatable bonds is 3. The predicted octanol–water partition coefficient (Wildman–Crippen LogP) is 4.63. The maximum Gasteiger partial charge on any atom is 0.304 e. The molecule has 0 amide bonds. The third-order valence-corrected chi connectivity index (χ3v) is 5.05. The Hall–Kier alpha value is -2.32. The number of ether oxygens (including phenoxy) is 1. The average Bonchev–Trinajstić information content (AvgIpc) is 2.68. The Kier molecular flexibility index (Phi) is 5.05. The number of alkyl halides is 2. The number of nitrogens with two attached hydrogens (primary N) is 1. The van der Waals surface area contributed by atoms with Gasteiger partial charge in [0, 0.05) is 11.3 Å². The molecular formula is C19H20ClF3N4O. The van der Waals surface area contributed by atoms with Gasteiger partial charge < -0.3 is 15.8 Å². The summed E-state index contributed by atoms with van der Waals surface area (Å²) in [4.78, 5) is 7.91. The maximum atomic E-state index is 15.4. The summed E-state index contributed by atoms with van der Waals surface area (Å²) in [6.07, 6.45) is 1.47. The quantitative estimate of drug-likeness (QED) is 0.721. The minimum absolute atomic E-state index is 0.132. The minimum Gasteiger partial charge on any atom is -0.385 e. The number of aliphatic imine (C=N–C) groups is 1. The number of nitrogens with zero attached hydrogens (tertiary/aromatic N) is 2. The van der Waals surface area contributed by atoms with Crippen molar-refractivity contribution in [2.75, 3.05) is 11.9 Å². The molecule has 1 aromatic heterocycles. The first-order valence-electron chi connectivity index (χ1n) is 8.51. The SMILES string of the molecule is CC1(C)OCC(N)=N[C@](C)(c2cc(Nc3ccc(Cl)nc3)ccc2F)C1(F)F. The van der Waals surface area contributed by atoms with E-state index in [2.05, 4.69) is 15.3 Å². The molecule has 3 N–H and O–H groups in total. The van der Waals surface area contributed by atoms with Crippen LogP contribution in [-0.2, 0) is 10.3 Å². The molecule has 5 nitrogen and oxygen atoms in total. The van der Waals surface area contributed by atoms with Crippen LogP contribution in [0.3, 0.4) is 0 Å². The number of amidine groups is 1. The Morgan fingerprint density at radius 3 is 2.46 bits per heavy atom. The normalized spacial score (nSPS) is 23.6. The summed E-state index contributed by atoms with van der Waals surface area (Å²) < 4.78 is 50.8. The number of aromatic nitrogens is 1. The molecule has 2 heterocycles. The van der Waals surface area contributed by atoms with Crippen molar-refractivity contribution in [2.24, 2.45) is 10.7 Å². The number of nitrogens with one attached hydrogen (secondary N) is 1. The lowest BCUT2D eigenvalue weighted by Gasteiger charge is -2.42. The van der Waals surface area contributed by atoms with E-state index in [1.807, 2.05) is 0 Å². The zero-order chi connectivity index (χ0) is 20.7. The fourth-order valence-corrected chi connectivity index (χ4v) is 3.25. The molecule has 9 heteroatoms. The van der Waals surface area contributed by atoms with Gasteiger partial charge in [0.15, 0.2) is 5.54 Å². The highest BCUT2D eigenvalue weighted by atomic mass is 35.5. The van der Waals surface area contributed by atoms with Crippen LogP contribution in [0.5, 0.6) is 0 Å². The monoisotopic (exact) mass is 412 g/mol. The second-order valence-corrected chi connectivity index (χ2v) is 7.63. The maximum absolute atomic E-state index is 15.4. The lowest BCUT2D eigenvalue weighted by molar-refractivity contribution is -0.214. The van der Waals surface area contributed by atoms with Crippen LogP contribution in [0, 0.1) is 5.82 Å². The van der Waals surface area contributed by atoms with Crippen molar-refractivity contribution >= 4 is 28.8 Å². The first-order chi connectivity index (χ1) is 13.0. The number of hydrogen-bond donors (Lipinski definition) is 2. The van der Waals surface area contributed by atoms with E-state index in [1.54, 1.807) is 12.1 Å². The first kappa shape index (κ1) is 20.4. The molecule has 2 aromatic rings. The summed E-state index contributed by atoms with van der Waals surface area (Å²) in [5, 5.41) is 3.29. The molecule has 0 unspecified atom stereocenters. The van der Waals surface area contributed by atoms with Gasteiger partial charge >= 0.3 is 5.92 Å². The second kappa shape index (κ2) is 6.93. The van der Waals surface area contributed by atoms with Gasteiger partial charge in [-0.1, -0.05) is 11.6 Å². The zero-order valence-corrected chi connectivity index (χ0v) is 16.3. The van der Waals surface area contributed by atoms with Crippen LogP contribution in [0.2, 0.25) is 5.15 Å². The van der Waals surface area contributed by atoms with Gasteiger partial charge in [0.25, 0.3) is 0 Å². The number of benzene rings is 1. The highest BCUT2D eigenvalue weighted by Gasteiger charge is 2.63. The molecule has 3 rings (SSSR count). The van der Waals surface area contributed by atoms with Crippen LogP contribution >= 0.6 is 11.6 Å². The Morgan fingerprint density at radius 1 is 1.14 bits per heavy atom. The smallest absolute Gasteiger partial charge is 0.304 e.